The van der Waals surface area contributed by atoms with E-state index in [1.807, 2.05) is 19.2 Å². The van der Waals surface area contributed by atoms with Crippen LogP contribution in [0.15, 0.2) is 67.1 Å². The number of amides is 1. The van der Waals surface area contributed by atoms with E-state index in [1.165, 1.54) is 18.3 Å². The van der Waals surface area contributed by atoms with Gasteiger partial charge in [-0.05, 0) is 24.6 Å². The molecular formula is C24H23FN6O2. The third-order valence-corrected chi connectivity index (χ3v) is 5.23. The van der Waals surface area contributed by atoms with Crippen LogP contribution in [0.25, 0.3) is 22.5 Å². The molecule has 0 spiro atoms. The van der Waals surface area contributed by atoms with E-state index in [4.69, 9.17) is 5.73 Å². The Bertz CT molecular complexity index is 1280. The van der Waals surface area contributed by atoms with Gasteiger partial charge in [-0.1, -0.05) is 36.4 Å². The molecule has 4 rings (SSSR count). The van der Waals surface area contributed by atoms with Crippen LogP contribution in [0, 0.1) is 5.82 Å². The Morgan fingerprint density at radius 3 is 2.64 bits per heavy atom. The Hall–Kier alpha value is -4.11. The molecule has 0 aliphatic carbocycles. The Kier molecular flexibility index (Phi) is 6.41. The summed E-state index contributed by atoms with van der Waals surface area (Å²) in [6.07, 6.45) is 5.04. The molecule has 0 bridgehead atoms. The molecule has 1 amide bonds. The number of hydrogen-bond donors (Lipinski definition) is 3. The fourth-order valence-corrected chi connectivity index (χ4v) is 3.42. The molecule has 0 aliphatic rings. The summed E-state index contributed by atoms with van der Waals surface area (Å²) in [6, 6.07) is 12.5. The van der Waals surface area contributed by atoms with Gasteiger partial charge in [-0.2, -0.15) is 5.10 Å². The van der Waals surface area contributed by atoms with E-state index in [0.717, 1.165) is 11.1 Å². The molecule has 0 saturated carbocycles. The third kappa shape index (κ3) is 4.73. The number of nitrogens with two attached hydrogens (primary N) is 1. The van der Waals surface area contributed by atoms with Crippen LogP contribution in [0.1, 0.15) is 28.9 Å². The Labute approximate surface area is 189 Å². The summed E-state index contributed by atoms with van der Waals surface area (Å²) in [5, 5.41) is 16.5. The van der Waals surface area contributed by atoms with Gasteiger partial charge in [0.25, 0.3) is 5.91 Å². The van der Waals surface area contributed by atoms with Crippen molar-refractivity contribution in [3.63, 3.8) is 0 Å². The van der Waals surface area contributed by atoms with Gasteiger partial charge in [0.15, 0.2) is 0 Å². The van der Waals surface area contributed by atoms with Crippen molar-refractivity contribution in [2.24, 2.45) is 0 Å². The minimum Gasteiger partial charge on any atom is -0.394 e. The van der Waals surface area contributed by atoms with Crippen molar-refractivity contribution in [2.45, 2.75) is 19.5 Å². The van der Waals surface area contributed by atoms with Crippen LogP contribution >= 0.6 is 0 Å². The maximum atomic E-state index is 14.9. The molecule has 0 fully saturated rings. The SMILES string of the molecule is CCn1cc(-c2cnc(N)c(-c3ccc(C(=O)NC(CO)c4ccccc4)c(F)c3)n2)cn1. The van der Waals surface area contributed by atoms with Gasteiger partial charge in [0.1, 0.15) is 17.3 Å². The molecule has 168 valence electrons. The van der Waals surface area contributed by atoms with Crippen LogP contribution in [-0.4, -0.2) is 37.4 Å². The standard InChI is InChI=1S/C24H23FN6O2/c1-2-31-13-17(11-28-31)20-12-27-23(26)22(29-20)16-8-9-18(19(25)10-16)24(33)30-21(14-32)15-6-4-3-5-7-15/h3-13,21,32H,2,14H2,1H3,(H2,26,27)(H,30,33). The monoisotopic (exact) mass is 446 g/mol. The van der Waals surface area contributed by atoms with E-state index < -0.39 is 17.8 Å². The molecule has 2 aromatic heterocycles. The topological polar surface area (TPSA) is 119 Å². The Morgan fingerprint density at radius 1 is 1.18 bits per heavy atom. The first-order valence-electron chi connectivity index (χ1n) is 10.4. The summed E-state index contributed by atoms with van der Waals surface area (Å²) in [7, 11) is 0. The van der Waals surface area contributed by atoms with Crippen LogP contribution in [0.3, 0.4) is 0 Å². The first-order valence-corrected chi connectivity index (χ1v) is 10.4. The summed E-state index contributed by atoms with van der Waals surface area (Å²) in [4.78, 5) is 21.4. The number of halogens is 1. The predicted molar refractivity (Wildman–Crippen MR) is 122 cm³/mol. The zero-order chi connectivity index (χ0) is 23.4. The number of rotatable bonds is 7. The fraction of sp³-hybridized carbons (Fsp3) is 0.167. The normalized spacial score (nSPS) is 11.8. The van der Waals surface area contributed by atoms with E-state index in [-0.39, 0.29) is 18.0 Å². The summed E-state index contributed by atoms with van der Waals surface area (Å²) in [5.41, 5.74) is 8.58. The molecule has 1 atom stereocenters. The zero-order valence-corrected chi connectivity index (χ0v) is 17.9. The van der Waals surface area contributed by atoms with Crippen molar-refractivity contribution >= 4 is 11.7 Å². The molecule has 2 aromatic carbocycles. The molecule has 1 unspecified atom stereocenters. The van der Waals surface area contributed by atoms with Gasteiger partial charge < -0.3 is 16.2 Å². The summed E-state index contributed by atoms with van der Waals surface area (Å²) >= 11 is 0. The second-order valence-electron chi connectivity index (χ2n) is 7.39. The number of hydrogen-bond acceptors (Lipinski definition) is 6. The first-order chi connectivity index (χ1) is 16.0. The van der Waals surface area contributed by atoms with Crippen LogP contribution in [-0.2, 0) is 6.54 Å². The van der Waals surface area contributed by atoms with Crippen molar-refractivity contribution < 1.29 is 14.3 Å². The van der Waals surface area contributed by atoms with E-state index in [0.29, 0.717) is 23.5 Å². The van der Waals surface area contributed by atoms with Gasteiger partial charge >= 0.3 is 0 Å². The molecule has 9 heteroatoms. The van der Waals surface area contributed by atoms with Crippen LogP contribution < -0.4 is 11.1 Å². The molecule has 0 radical (unpaired) electrons. The first kappa shape index (κ1) is 22.1. The maximum absolute atomic E-state index is 14.9. The predicted octanol–water partition coefficient (Wildman–Crippen LogP) is 3.21. The van der Waals surface area contributed by atoms with E-state index in [1.54, 1.807) is 41.2 Å². The highest BCUT2D eigenvalue weighted by Gasteiger charge is 2.19. The number of anilines is 1. The molecule has 0 saturated heterocycles. The molecule has 2 heterocycles. The number of carbonyl (C=O) groups is 1. The number of nitrogens with zero attached hydrogens (tertiary/aromatic N) is 4. The van der Waals surface area contributed by atoms with E-state index in [2.05, 4.69) is 20.4 Å². The Balaban J connectivity index is 1.60. The van der Waals surface area contributed by atoms with Gasteiger partial charge in [-0.3, -0.25) is 9.48 Å². The molecule has 4 aromatic rings. The zero-order valence-electron chi connectivity index (χ0n) is 17.9. The van der Waals surface area contributed by atoms with Gasteiger partial charge in [0.2, 0.25) is 0 Å². The van der Waals surface area contributed by atoms with Crippen LogP contribution in [0.2, 0.25) is 0 Å². The number of nitrogen functional groups attached to an aromatic ring is 1. The largest absolute Gasteiger partial charge is 0.394 e. The highest BCUT2D eigenvalue weighted by molar-refractivity contribution is 5.95. The second kappa shape index (κ2) is 9.58. The Morgan fingerprint density at radius 2 is 1.97 bits per heavy atom. The molecule has 4 N–H and O–H groups in total. The van der Waals surface area contributed by atoms with Crippen LogP contribution in [0.5, 0.6) is 0 Å². The lowest BCUT2D eigenvalue weighted by Gasteiger charge is -2.17. The average Bonchev–Trinajstić information content (AvgIpc) is 3.32. The van der Waals surface area contributed by atoms with Gasteiger partial charge in [0, 0.05) is 23.9 Å². The summed E-state index contributed by atoms with van der Waals surface area (Å²) < 4.78 is 16.7. The molecule has 33 heavy (non-hydrogen) atoms. The maximum Gasteiger partial charge on any atom is 0.254 e. The van der Waals surface area contributed by atoms with Crippen molar-refractivity contribution in [2.75, 3.05) is 12.3 Å². The molecule has 8 nitrogen and oxygen atoms in total. The third-order valence-electron chi connectivity index (χ3n) is 5.23. The van der Waals surface area contributed by atoms with Gasteiger partial charge in [-0.25, -0.2) is 14.4 Å². The van der Waals surface area contributed by atoms with Crippen LogP contribution in [0.4, 0.5) is 10.2 Å². The second-order valence-corrected chi connectivity index (χ2v) is 7.39. The number of benzene rings is 2. The molecule has 0 aliphatic heterocycles. The highest BCUT2D eigenvalue weighted by Crippen LogP contribution is 2.27. The van der Waals surface area contributed by atoms with Crippen molar-refractivity contribution in [1.29, 1.82) is 0 Å². The molecular weight excluding hydrogens is 423 g/mol. The number of aryl methyl sites for hydroxylation is 1. The number of nitrogens with one attached hydrogen (secondary N) is 1. The fourth-order valence-electron chi connectivity index (χ4n) is 3.42. The lowest BCUT2D eigenvalue weighted by atomic mass is 10.0. The van der Waals surface area contributed by atoms with E-state index >= 15 is 0 Å². The highest BCUT2D eigenvalue weighted by atomic mass is 19.1. The van der Waals surface area contributed by atoms with Gasteiger partial charge in [-0.15, -0.1) is 0 Å². The number of carbonyl (C=O) groups excluding carboxylic acids is 1. The van der Waals surface area contributed by atoms with Crippen molar-refractivity contribution in [3.8, 4) is 22.5 Å². The number of aliphatic hydroxyl groups excluding tert-OH is 1. The van der Waals surface area contributed by atoms with E-state index in [9.17, 15) is 14.3 Å². The lowest BCUT2D eigenvalue weighted by Crippen LogP contribution is -2.31. The smallest absolute Gasteiger partial charge is 0.254 e. The quantitative estimate of drug-likeness (QED) is 0.401. The van der Waals surface area contributed by atoms with Crippen molar-refractivity contribution in [1.82, 2.24) is 25.1 Å². The van der Waals surface area contributed by atoms with Crippen molar-refractivity contribution in [3.05, 3.63) is 84.1 Å². The van der Waals surface area contributed by atoms with Gasteiger partial charge in [0.05, 0.1) is 36.3 Å². The minimum absolute atomic E-state index is 0.141. The number of aliphatic hydroxyl groups is 1. The summed E-state index contributed by atoms with van der Waals surface area (Å²) in [5.74, 6) is -1.23. The average molecular weight is 446 g/mol. The number of aromatic nitrogens is 4. The minimum atomic E-state index is -0.736. The lowest BCUT2D eigenvalue weighted by molar-refractivity contribution is 0.0912. The summed E-state index contributed by atoms with van der Waals surface area (Å²) in [6.45, 7) is 2.37.